The van der Waals surface area contributed by atoms with Gasteiger partial charge in [-0.2, -0.15) is 13.2 Å². The molecule has 1 N–H and O–H groups in total. The van der Waals surface area contributed by atoms with Crippen LogP contribution in [0.2, 0.25) is 15.1 Å². The topological polar surface area (TPSA) is 86.8 Å². The third-order valence-corrected chi connectivity index (χ3v) is 9.32. The van der Waals surface area contributed by atoms with E-state index in [0.29, 0.717) is 35.0 Å². The molecule has 1 atom stereocenters. The van der Waals surface area contributed by atoms with E-state index in [0.717, 1.165) is 17.4 Å². The maximum atomic E-state index is 13.9. The fraction of sp³-hybridized carbons (Fsp3) is 0.310. The normalized spacial score (nSPS) is 12.5. The summed E-state index contributed by atoms with van der Waals surface area (Å²) in [5.74, 6) is -1.38. The van der Waals surface area contributed by atoms with Crippen molar-refractivity contribution in [2.75, 3.05) is 17.4 Å². The summed E-state index contributed by atoms with van der Waals surface area (Å²) >= 11 is 18.4. The lowest BCUT2D eigenvalue weighted by molar-refractivity contribution is -0.139. The van der Waals surface area contributed by atoms with Gasteiger partial charge in [0.1, 0.15) is 12.6 Å². The first kappa shape index (κ1) is 34.5. The number of carbonyl (C=O) groups is 2. The highest BCUT2D eigenvalue weighted by atomic mass is 35.5. The molecule has 1 unspecified atom stereocenters. The number of anilines is 1. The van der Waals surface area contributed by atoms with E-state index in [4.69, 9.17) is 34.8 Å². The lowest BCUT2D eigenvalue weighted by Gasteiger charge is -2.32. The van der Waals surface area contributed by atoms with Crippen molar-refractivity contribution in [1.82, 2.24) is 10.2 Å². The Balaban J connectivity index is 2.11. The largest absolute Gasteiger partial charge is 0.416 e. The third-order valence-electron chi connectivity index (χ3n) is 6.49. The number of sulfonamides is 1. The zero-order valence-corrected chi connectivity index (χ0v) is 26.3. The van der Waals surface area contributed by atoms with Crippen LogP contribution in [0.3, 0.4) is 0 Å². The first-order chi connectivity index (χ1) is 20.2. The van der Waals surface area contributed by atoms with Gasteiger partial charge >= 0.3 is 6.18 Å². The maximum absolute atomic E-state index is 13.9. The molecule has 0 heterocycles. The highest BCUT2D eigenvalue weighted by Gasteiger charge is 2.36. The maximum Gasteiger partial charge on any atom is 0.416 e. The minimum absolute atomic E-state index is 0.187. The van der Waals surface area contributed by atoms with Crippen LogP contribution in [0.25, 0.3) is 0 Å². The summed E-state index contributed by atoms with van der Waals surface area (Å²) < 4.78 is 69.1. The molecule has 0 fully saturated rings. The monoisotopic (exact) mass is 677 g/mol. The zero-order valence-electron chi connectivity index (χ0n) is 23.2. The first-order valence-corrected chi connectivity index (χ1v) is 15.7. The molecule has 14 heteroatoms. The molecule has 0 bridgehead atoms. The fourth-order valence-electron chi connectivity index (χ4n) is 4.07. The van der Waals surface area contributed by atoms with E-state index >= 15 is 0 Å². The summed E-state index contributed by atoms with van der Waals surface area (Å²) in [6, 6.07) is 12.6. The highest BCUT2D eigenvalue weighted by molar-refractivity contribution is 7.92. The Morgan fingerprint density at radius 1 is 0.930 bits per heavy atom. The van der Waals surface area contributed by atoms with Crippen LogP contribution in [0.15, 0.2) is 71.6 Å². The second kappa shape index (κ2) is 14.7. The smallest absolute Gasteiger partial charge is 0.354 e. The Labute approximate surface area is 263 Å². The molecule has 0 saturated heterocycles. The summed E-state index contributed by atoms with van der Waals surface area (Å²) in [5.41, 5.74) is -1.24. The first-order valence-electron chi connectivity index (χ1n) is 13.1. The van der Waals surface area contributed by atoms with E-state index in [1.54, 1.807) is 12.1 Å². The van der Waals surface area contributed by atoms with Crippen LogP contribution in [0.5, 0.6) is 0 Å². The molecule has 0 spiro atoms. The quantitative estimate of drug-likeness (QED) is 0.206. The molecule has 0 aromatic heterocycles. The van der Waals surface area contributed by atoms with Gasteiger partial charge in [-0.05, 0) is 61.4 Å². The van der Waals surface area contributed by atoms with E-state index < -0.39 is 51.9 Å². The molecule has 0 aliphatic rings. The molecule has 43 heavy (non-hydrogen) atoms. The summed E-state index contributed by atoms with van der Waals surface area (Å²) in [7, 11) is -4.62. The molecule has 3 aromatic rings. The Bertz CT molecular complexity index is 1560. The number of benzene rings is 3. The summed E-state index contributed by atoms with van der Waals surface area (Å²) in [4.78, 5) is 27.8. The average molecular weight is 679 g/mol. The Morgan fingerprint density at radius 3 is 2.19 bits per heavy atom. The Hall–Kier alpha value is -2.99. The molecule has 0 aliphatic carbocycles. The van der Waals surface area contributed by atoms with Crippen molar-refractivity contribution in [1.29, 1.82) is 0 Å². The SMILES string of the molecule is CCCCNC(=O)C(C)N(Cc1ccc(Cl)c(Cl)c1)C(=O)CN(c1cc(C(F)(F)F)ccc1Cl)S(=O)(=O)c1ccccc1. The molecule has 7 nitrogen and oxygen atoms in total. The molecule has 3 aromatic carbocycles. The molecule has 3 rings (SSSR count). The van der Waals surface area contributed by atoms with Gasteiger partial charge in [0.05, 0.1) is 31.2 Å². The lowest BCUT2D eigenvalue weighted by Crippen LogP contribution is -2.51. The predicted molar refractivity (Wildman–Crippen MR) is 162 cm³/mol. The van der Waals surface area contributed by atoms with Crippen molar-refractivity contribution in [3.8, 4) is 0 Å². The number of nitrogens with one attached hydrogen (secondary N) is 1. The number of alkyl halides is 3. The fourth-order valence-corrected chi connectivity index (χ4v) is 6.10. The van der Waals surface area contributed by atoms with Crippen LogP contribution in [0, 0.1) is 0 Å². The van der Waals surface area contributed by atoms with Gasteiger partial charge in [-0.3, -0.25) is 13.9 Å². The summed E-state index contributed by atoms with van der Waals surface area (Å²) in [6.07, 6.45) is -3.32. The van der Waals surface area contributed by atoms with Crippen molar-refractivity contribution < 1.29 is 31.2 Å². The third kappa shape index (κ3) is 8.78. The summed E-state index contributed by atoms with van der Waals surface area (Å²) in [6.45, 7) is 2.60. The number of hydrogen-bond donors (Lipinski definition) is 1. The Morgan fingerprint density at radius 2 is 1.58 bits per heavy atom. The van der Waals surface area contributed by atoms with Crippen LogP contribution in [0.1, 0.15) is 37.8 Å². The summed E-state index contributed by atoms with van der Waals surface area (Å²) in [5, 5.41) is 2.86. The van der Waals surface area contributed by atoms with Gasteiger partial charge < -0.3 is 10.2 Å². The number of rotatable bonds is 12. The number of unbranched alkanes of at least 4 members (excludes halogenated alkanes) is 1. The molecule has 0 saturated carbocycles. The van der Waals surface area contributed by atoms with Crippen LogP contribution in [-0.2, 0) is 32.3 Å². The predicted octanol–water partition coefficient (Wildman–Crippen LogP) is 7.19. The number of amides is 2. The van der Waals surface area contributed by atoms with Crippen LogP contribution in [0.4, 0.5) is 18.9 Å². The van der Waals surface area contributed by atoms with Crippen LogP contribution < -0.4 is 9.62 Å². The minimum Gasteiger partial charge on any atom is -0.354 e. The van der Waals surface area contributed by atoms with Gasteiger partial charge in [0.25, 0.3) is 10.0 Å². The molecule has 0 aliphatic heterocycles. The minimum atomic E-state index is -4.82. The number of hydrogen-bond acceptors (Lipinski definition) is 4. The zero-order chi connectivity index (χ0) is 31.9. The molecular weight excluding hydrogens is 650 g/mol. The second-order valence-electron chi connectivity index (χ2n) is 9.58. The highest BCUT2D eigenvalue weighted by Crippen LogP contribution is 2.37. The van der Waals surface area contributed by atoms with Crippen molar-refractivity contribution in [3.63, 3.8) is 0 Å². The van der Waals surface area contributed by atoms with Crippen molar-refractivity contribution in [2.45, 2.75) is 50.3 Å². The van der Waals surface area contributed by atoms with Gasteiger partial charge in [-0.25, -0.2) is 8.42 Å². The van der Waals surface area contributed by atoms with Gasteiger partial charge in [0.15, 0.2) is 0 Å². The second-order valence-corrected chi connectivity index (χ2v) is 12.7. The standard InChI is InChI=1S/C29H29Cl3F3N3O4S/c1-3-4-14-36-28(40)19(2)37(17-20-10-12-23(30)25(32)15-20)27(39)18-38(43(41,42)22-8-6-5-7-9-22)26-16-21(29(33,34)35)11-13-24(26)31/h5-13,15-16,19H,3-4,14,17-18H2,1-2H3,(H,36,40). The van der Waals surface area contributed by atoms with Crippen LogP contribution >= 0.6 is 34.8 Å². The van der Waals surface area contributed by atoms with Crippen molar-refractivity contribution in [2.24, 2.45) is 0 Å². The van der Waals surface area contributed by atoms with Gasteiger partial charge in [0, 0.05) is 13.1 Å². The van der Waals surface area contributed by atoms with Crippen LogP contribution in [-0.4, -0.2) is 44.3 Å². The number of nitrogens with zero attached hydrogens (tertiary/aromatic N) is 2. The average Bonchev–Trinajstić information content (AvgIpc) is 2.96. The number of halogens is 6. The van der Waals surface area contributed by atoms with Crippen molar-refractivity contribution in [3.05, 3.63) is 92.9 Å². The van der Waals surface area contributed by atoms with E-state index in [1.807, 2.05) is 6.92 Å². The number of carbonyl (C=O) groups excluding carboxylic acids is 2. The van der Waals surface area contributed by atoms with Gasteiger partial charge in [-0.1, -0.05) is 72.4 Å². The van der Waals surface area contributed by atoms with E-state index in [9.17, 15) is 31.2 Å². The lowest BCUT2D eigenvalue weighted by atomic mass is 10.1. The molecular formula is C29H29Cl3F3N3O4S. The Kier molecular flexibility index (Phi) is 11.8. The molecule has 2 amide bonds. The van der Waals surface area contributed by atoms with E-state index in [1.165, 1.54) is 43.3 Å². The van der Waals surface area contributed by atoms with Gasteiger partial charge in [-0.15, -0.1) is 0 Å². The molecule has 0 radical (unpaired) electrons. The molecule has 232 valence electrons. The van der Waals surface area contributed by atoms with Crippen molar-refractivity contribution >= 4 is 62.3 Å². The van der Waals surface area contributed by atoms with E-state index in [2.05, 4.69) is 5.32 Å². The van der Waals surface area contributed by atoms with Gasteiger partial charge in [0.2, 0.25) is 11.8 Å². The van der Waals surface area contributed by atoms with E-state index in [-0.39, 0.29) is 26.5 Å².